The number of para-hydroxylation sites is 1. The van der Waals surface area contributed by atoms with Crippen LogP contribution >= 0.6 is 0 Å². The van der Waals surface area contributed by atoms with Crippen molar-refractivity contribution in [2.75, 3.05) is 18.0 Å². The molecule has 0 spiro atoms. The maximum atomic E-state index is 13.9. The van der Waals surface area contributed by atoms with Crippen LogP contribution in [0.25, 0.3) is 0 Å². The molecule has 0 amide bonds. The van der Waals surface area contributed by atoms with Crippen LogP contribution in [0.2, 0.25) is 0 Å². The third kappa shape index (κ3) is 2.79. The molecule has 2 aromatic rings. The Morgan fingerprint density at radius 2 is 2.00 bits per heavy atom. The van der Waals surface area contributed by atoms with Crippen molar-refractivity contribution < 1.29 is 4.39 Å². The zero-order chi connectivity index (χ0) is 14.8. The van der Waals surface area contributed by atoms with Crippen molar-refractivity contribution in [2.24, 2.45) is 0 Å². The molecule has 0 aliphatic carbocycles. The maximum Gasteiger partial charge on any atom is 0.126 e. The molecule has 2 aromatic carbocycles. The summed E-state index contributed by atoms with van der Waals surface area (Å²) in [6.07, 6.45) is 0. The van der Waals surface area contributed by atoms with E-state index in [9.17, 15) is 4.39 Å². The second-order valence-corrected chi connectivity index (χ2v) is 5.68. The number of halogens is 1. The predicted octanol–water partition coefficient (Wildman–Crippen LogP) is 3.80. The molecule has 0 aromatic heterocycles. The lowest BCUT2D eigenvalue weighted by Gasteiger charge is -2.31. The molecule has 1 heterocycles. The minimum Gasteiger partial charge on any atom is -0.363 e. The molecule has 1 aliphatic rings. The molecule has 0 bridgehead atoms. The molecule has 110 valence electrons. The number of anilines is 1. The summed E-state index contributed by atoms with van der Waals surface area (Å²) in [5.74, 6) is -0.124. The summed E-state index contributed by atoms with van der Waals surface area (Å²) in [5, 5.41) is 3.44. The molecule has 1 aliphatic heterocycles. The van der Waals surface area contributed by atoms with Crippen molar-refractivity contribution in [3.05, 3.63) is 65.0 Å². The lowest BCUT2D eigenvalue weighted by Crippen LogP contribution is -2.31. The zero-order valence-corrected chi connectivity index (χ0v) is 12.6. The van der Waals surface area contributed by atoms with Gasteiger partial charge in [-0.25, -0.2) is 4.39 Å². The van der Waals surface area contributed by atoms with E-state index < -0.39 is 0 Å². The Hall–Kier alpha value is -1.87. The van der Waals surface area contributed by atoms with E-state index in [1.807, 2.05) is 12.1 Å². The van der Waals surface area contributed by atoms with Gasteiger partial charge in [-0.3, -0.25) is 0 Å². The number of hydrogen-bond acceptors (Lipinski definition) is 2. The Morgan fingerprint density at radius 1 is 1.19 bits per heavy atom. The highest BCUT2D eigenvalue weighted by molar-refractivity contribution is 5.56. The van der Waals surface area contributed by atoms with E-state index in [1.54, 1.807) is 13.0 Å². The van der Waals surface area contributed by atoms with Gasteiger partial charge in [-0.15, -0.1) is 0 Å². The molecule has 21 heavy (non-hydrogen) atoms. The lowest BCUT2D eigenvalue weighted by atomic mass is 10.0. The molecular formula is C18H21FN2. The quantitative estimate of drug-likeness (QED) is 0.902. The highest BCUT2D eigenvalue weighted by atomic mass is 19.1. The minimum absolute atomic E-state index is 0.124. The summed E-state index contributed by atoms with van der Waals surface area (Å²) >= 11 is 0. The van der Waals surface area contributed by atoms with E-state index in [2.05, 4.69) is 41.4 Å². The molecule has 1 N–H and O–H groups in total. The van der Waals surface area contributed by atoms with Gasteiger partial charge in [-0.1, -0.05) is 30.3 Å². The summed E-state index contributed by atoms with van der Waals surface area (Å²) in [6, 6.07) is 14.2. The summed E-state index contributed by atoms with van der Waals surface area (Å²) in [5.41, 5.74) is 4.27. The fourth-order valence-electron chi connectivity index (χ4n) is 2.93. The van der Waals surface area contributed by atoms with E-state index in [-0.39, 0.29) is 11.9 Å². The van der Waals surface area contributed by atoms with Crippen LogP contribution in [0, 0.1) is 12.7 Å². The number of nitrogens with zero attached hydrogens (tertiary/aromatic N) is 1. The number of hydrogen-bond donors (Lipinski definition) is 1. The van der Waals surface area contributed by atoms with Gasteiger partial charge in [0.05, 0.1) is 6.04 Å². The molecular weight excluding hydrogens is 263 g/mol. The molecule has 0 saturated carbocycles. The Bertz CT molecular complexity index is 639. The number of benzene rings is 2. The van der Waals surface area contributed by atoms with Crippen LogP contribution in [0.3, 0.4) is 0 Å². The molecule has 2 nitrogen and oxygen atoms in total. The van der Waals surface area contributed by atoms with Crippen molar-refractivity contribution >= 4 is 5.69 Å². The number of nitrogens with one attached hydrogen (secondary N) is 1. The number of aryl methyl sites for hydroxylation is 1. The van der Waals surface area contributed by atoms with Gasteiger partial charge in [0.15, 0.2) is 0 Å². The van der Waals surface area contributed by atoms with Crippen molar-refractivity contribution in [1.82, 2.24) is 5.32 Å². The average Bonchev–Trinajstić information content (AvgIpc) is 2.71. The van der Waals surface area contributed by atoms with Crippen molar-refractivity contribution in [3.8, 4) is 0 Å². The van der Waals surface area contributed by atoms with E-state index in [1.165, 1.54) is 11.3 Å². The second kappa shape index (κ2) is 5.86. The van der Waals surface area contributed by atoms with Crippen LogP contribution in [-0.4, -0.2) is 13.1 Å². The molecule has 0 saturated heterocycles. The fraction of sp³-hybridized carbons (Fsp3) is 0.333. The van der Waals surface area contributed by atoms with Crippen molar-refractivity contribution in [1.29, 1.82) is 0 Å². The SMILES string of the molecule is Cc1ccc(C(C)N2CCNCc3ccccc32)cc1F. The first kappa shape index (κ1) is 14.1. The van der Waals surface area contributed by atoms with Crippen LogP contribution in [0.15, 0.2) is 42.5 Å². The Balaban J connectivity index is 1.96. The van der Waals surface area contributed by atoms with Crippen LogP contribution in [0.1, 0.15) is 29.7 Å². The topological polar surface area (TPSA) is 15.3 Å². The predicted molar refractivity (Wildman–Crippen MR) is 85.0 cm³/mol. The molecule has 1 unspecified atom stereocenters. The number of rotatable bonds is 2. The van der Waals surface area contributed by atoms with Gasteiger partial charge >= 0.3 is 0 Å². The Labute approximate surface area is 125 Å². The van der Waals surface area contributed by atoms with E-state index in [4.69, 9.17) is 0 Å². The largest absolute Gasteiger partial charge is 0.363 e. The van der Waals surface area contributed by atoms with Gasteiger partial charge in [0.1, 0.15) is 5.82 Å². The van der Waals surface area contributed by atoms with E-state index in [0.717, 1.165) is 25.2 Å². The molecule has 0 radical (unpaired) electrons. The van der Waals surface area contributed by atoms with Crippen molar-refractivity contribution in [2.45, 2.75) is 26.4 Å². The summed E-state index contributed by atoms with van der Waals surface area (Å²) in [4.78, 5) is 2.36. The first-order valence-corrected chi connectivity index (χ1v) is 7.48. The van der Waals surface area contributed by atoms with Gasteiger partial charge in [-0.2, -0.15) is 0 Å². The minimum atomic E-state index is -0.124. The molecule has 1 atom stereocenters. The number of fused-ring (bicyclic) bond motifs is 1. The summed E-state index contributed by atoms with van der Waals surface area (Å²) in [7, 11) is 0. The van der Waals surface area contributed by atoms with Gasteiger partial charge in [0.25, 0.3) is 0 Å². The zero-order valence-electron chi connectivity index (χ0n) is 12.6. The lowest BCUT2D eigenvalue weighted by molar-refractivity contribution is 0.603. The Morgan fingerprint density at radius 3 is 2.81 bits per heavy atom. The third-order valence-electron chi connectivity index (χ3n) is 4.29. The van der Waals surface area contributed by atoms with Crippen LogP contribution in [0.4, 0.5) is 10.1 Å². The standard InChI is InChI=1S/C18H21FN2/c1-13-7-8-15(11-17(13)19)14(2)21-10-9-20-12-16-5-3-4-6-18(16)21/h3-8,11,14,20H,9-10,12H2,1-2H3. The van der Waals surface area contributed by atoms with Gasteiger partial charge < -0.3 is 10.2 Å². The van der Waals surface area contributed by atoms with Gasteiger partial charge in [0.2, 0.25) is 0 Å². The Kier molecular flexibility index (Phi) is 3.93. The molecule has 0 fully saturated rings. The van der Waals surface area contributed by atoms with Gasteiger partial charge in [0, 0.05) is 25.3 Å². The monoisotopic (exact) mass is 284 g/mol. The average molecular weight is 284 g/mol. The first-order valence-electron chi connectivity index (χ1n) is 7.48. The smallest absolute Gasteiger partial charge is 0.126 e. The van der Waals surface area contributed by atoms with Crippen LogP contribution < -0.4 is 10.2 Å². The second-order valence-electron chi connectivity index (χ2n) is 5.68. The van der Waals surface area contributed by atoms with E-state index in [0.29, 0.717) is 5.56 Å². The van der Waals surface area contributed by atoms with E-state index >= 15 is 0 Å². The highest BCUT2D eigenvalue weighted by Gasteiger charge is 2.21. The first-order chi connectivity index (χ1) is 10.2. The van der Waals surface area contributed by atoms with Gasteiger partial charge in [-0.05, 0) is 42.7 Å². The highest BCUT2D eigenvalue weighted by Crippen LogP contribution is 2.31. The molecule has 3 heteroatoms. The van der Waals surface area contributed by atoms with Crippen LogP contribution in [-0.2, 0) is 6.54 Å². The van der Waals surface area contributed by atoms with Crippen LogP contribution in [0.5, 0.6) is 0 Å². The fourth-order valence-corrected chi connectivity index (χ4v) is 2.93. The molecule has 3 rings (SSSR count). The van der Waals surface area contributed by atoms with Crippen molar-refractivity contribution in [3.63, 3.8) is 0 Å². The maximum absolute atomic E-state index is 13.9. The summed E-state index contributed by atoms with van der Waals surface area (Å²) < 4.78 is 13.9. The summed E-state index contributed by atoms with van der Waals surface area (Å²) in [6.45, 7) is 6.70. The normalized spacial score (nSPS) is 16.2. The third-order valence-corrected chi connectivity index (χ3v) is 4.29.